The van der Waals surface area contributed by atoms with Crippen molar-refractivity contribution in [1.82, 2.24) is 0 Å². The van der Waals surface area contributed by atoms with Crippen LogP contribution in [0.5, 0.6) is 17.2 Å². The SMILES string of the molecule is COc1c(Br)cc2c(c1CC1(N)CC1)OCCO2. The first-order chi connectivity index (χ1) is 8.63. The maximum atomic E-state index is 6.22. The minimum atomic E-state index is -0.0946. The van der Waals surface area contributed by atoms with Crippen LogP contribution in [0.15, 0.2) is 10.5 Å². The van der Waals surface area contributed by atoms with Crippen molar-refractivity contribution >= 4 is 15.9 Å². The lowest BCUT2D eigenvalue weighted by molar-refractivity contribution is 0.168. The van der Waals surface area contributed by atoms with Gasteiger partial charge in [-0.1, -0.05) is 0 Å². The average molecular weight is 314 g/mol. The standard InChI is InChI=1S/C13H16BrNO3/c1-16-11-8(7-13(15)2-3-13)12-10(6-9(11)14)17-4-5-18-12/h6H,2-5,7,15H2,1H3. The van der Waals surface area contributed by atoms with E-state index in [2.05, 4.69) is 15.9 Å². The summed E-state index contributed by atoms with van der Waals surface area (Å²) >= 11 is 3.51. The number of benzene rings is 1. The Bertz CT molecular complexity index is 486. The van der Waals surface area contributed by atoms with Gasteiger partial charge in [-0.3, -0.25) is 0 Å². The third kappa shape index (κ3) is 2.06. The van der Waals surface area contributed by atoms with E-state index >= 15 is 0 Å². The summed E-state index contributed by atoms with van der Waals surface area (Å²) in [6.45, 7) is 1.15. The van der Waals surface area contributed by atoms with Gasteiger partial charge in [0.15, 0.2) is 11.5 Å². The van der Waals surface area contributed by atoms with Gasteiger partial charge < -0.3 is 19.9 Å². The van der Waals surface area contributed by atoms with Crippen molar-refractivity contribution in [3.05, 3.63) is 16.1 Å². The first-order valence-corrected chi connectivity index (χ1v) is 6.86. The number of ether oxygens (including phenoxy) is 3. The molecule has 4 nitrogen and oxygen atoms in total. The maximum Gasteiger partial charge on any atom is 0.168 e. The zero-order valence-corrected chi connectivity index (χ0v) is 11.9. The third-order valence-electron chi connectivity index (χ3n) is 3.46. The van der Waals surface area contributed by atoms with Gasteiger partial charge in [-0.05, 0) is 35.2 Å². The van der Waals surface area contributed by atoms with E-state index in [-0.39, 0.29) is 5.54 Å². The van der Waals surface area contributed by atoms with Gasteiger partial charge in [0.1, 0.15) is 19.0 Å². The van der Waals surface area contributed by atoms with Gasteiger partial charge in [-0.15, -0.1) is 0 Å². The fourth-order valence-corrected chi connectivity index (χ4v) is 2.88. The molecule has 0 spiro atoms. The van der Waals surface area contributed by atoms with Crippen LogP contribution in [-0.4, -0.2) is 25.9 Å². The molecule has 18 heavy (non-hydrogen) atoms. The summed E-state index contributed by atoms with van der Waals surface area (Å²) in [7, 11) is 1.66. The first kappa shape index (κ1) is 12.1. The predicted molar refractivity (Wildman–Crippen MR) is 71.5 cm³/mol. The van der Waals surface area contributed by atoms with Crippen LogP contribution in [0.2, 0.25) is 0 Å². The molecule has 1 aromatic rings. The van der Waals surface area contributed by atoms with E-state index < -0.39 is 0 Å². The minimum absolute atomic E-state index is 0.0946. The molecular formula is C13H16BrNO3. The molecule has 0 radical (unpaired) electrons. The zero-order chi connectivity index (χ0) is 12.8. The Labute approximate surface area is 115 Å². The predicted octanol–water partition coefficient (Wildman–Crippen LogP) is 2.26. The largest absolute Gasteiger partial charge is 0.495 e. The Hall–Kier alpha value is -0.940. The highest BCUT2D eigenvalue weighted by atomic mass is 79.9. The van der Waals surface area contributed by atoms with Gasteiger partial charge in [0.2, 0.25) is 0 Å². The van der Waals surface area contributed by atoms with Crippen LogP contribution in [0, 0.1) is 0 Å². The molecule has 1 heterocycles. The van der Waals surface area contributed by atoms with E-state index in [1.54, 1.807) is 7.11 Å². The average Bonchev–Trinajstić information content (AvgIpc) is 3.07. The van der Waals surface area contributed by atoms with Gasteiger partial charge in [-0.25, -0.2) is 0 Å². The first-order valence-electron chi connectivity index (χ1n) is 6.07. The fraction of sp³-hybridized carbons (Fsp3) is 0.538. The Morgan fingerprint density at radius 1 is 1.39 bits per heavy atom. The topological polar surface area (TPSA) is 53.7 Å². The number of fused-ring (bicyclic) bond motifs is 1. The Morgan fingerprint density at radius 2 is 2.11 bits per heavy atom. The van der Waals surface area contributed by atoms with Crippen molar-refractivity contribution < 1.29 is 14.2 Å². The van der Waals surface area contributed by atoms with Gasteiger partial charge >= 0.3 is 0 Å². The second kappa shape index (κ2) is 4.31. The third-order valence-corrected chi connectivity index (χ3v) is 4.05. The molecule has 1 saturated carbocycles. The summed E-state index contributed by atoms with van der Waals surface area (Å²) in [5, 5.41) is 0. The van der Waals surface area contributed by atoms with Gasteiger partial charge in [0, 0.05) is 17.2 Å². The highest BCUT2D eigenvalue weighted by Gasteiger charge is 2.40. The molecule has 2 N–H and O–H groups in total. The molecule has 3 rings (SSSR count). The Morgan fingerprint density at radius 3 is 2.78 bits per heavy atom. The number of nitrogens with two attached hydrogens (primary N) is 1. The molecule has 1 aliphatic carbocycles. The van der Waals surface area contributed by atoms with E-state index in [9.17, 15) is 0 Å². The van der Waals surface area contributed by atoms with Crippen molar-refractivity contribution in [3.8, 4) is 17.2 Å². The lowest BCUT2D eigenvalue weighted by Crippen LogP contribution is -2.26. The summed E-state index contributed by atoms with van der Waals surface area (Å²) < 4.78 is 17.7. The van der Waals surface area contributed by atoms with Crippen LogP contribution in [0.3, 0.4) is 0 Å². The van der Waals surface area contributed by atoms with Gasteiger partial charge in [0.05, 0.1) is 11.6 Å². The summed E-state index contributed by atoms with van der Waals surface area (Å²) in [4.78, 5) is 0. The summed E-state index contributed by atoms with van der Waals surface area (Å²) in [6, 6.07) is 1.90. The Kier molecular flexibility index (Phi) is 2.90. The lowest BCUT2D eigenvalue weighted by Gasteiger charge is -2.24. The molecule has 0 amide bonds. The normalized spacial score (nSPS) is 19.5. The smallest absolute Gasteiger partial charge is 0.168 e. The van der Waals surface area contributed by atoms with Crippen LogP contribution < -0.4 is 19.9 Å². The molecule has 0 atom stereocenters. The molecule has 1 aromatic carbocycles. The van der Waals surface area contributed by atoms with Crippen molar-refractivity contribution in [2.24, 2.45) is 5.73 Å². The van der Waals surface area contributed by atoms with Crippen LogP contribution in [-0.2, 0) is 6.42 Å². The highest BCUT2D eigenvalue weighted by Crippen LogP contribution is 2.48. The van der Waals surface area contributed by atoms with Gasteiger partial charge in [-0.2, -0.15) is 0 Å². The van der Waals surface area contributed by atoms with Crippen molar-refractivity contribution in [3.63, 3.8) is 0 Å². The van der Waals surface area contributed by atoms with Crippen LogP contribution in [0.1, 0.15) is 18.4 Å². The van der Waals surface area contributed by atoms with Crippen molar-refractivity contribution in [1.29, 1.82) is 0 Å². The zero-order valence-electron chi connectivity index (χ0n) is 10.3. The highest BCUT2D eigenvalue weighted by molar-refractivity contribution is 9.10. The second-order valence-corrected chi connectivity index (χ2v) is 5.79. The molecule has 0 aromatic heterocycles. The molecule has 1 aliphatic heterocycles. The van der Waals surface area contributed by atoms with Crippen LogP contribution >= 0.6 is 15.9 Å². The van der Waals surface area contributed by atoms with E-state index in [1.807, 2.05) is 6.07 Å². The Balaban J connectivity index is 2.08. The molecule has 0 bridgehead atoms. The van der Waals surface area contributed by atoms with Crippen molar-refractivity contribution in [2.45, 2.75) is 24.8 Å². The summed E-state index contributed by atoms with van der Waals surface area (Å²) in [5.74, 6) is 2.36. The van der Waals surface area contributed by atoms with E-state index in [1.165, 1.54) is 0 Å². The number of hydrogen-bond acceptors (Lipinski definition) is 4. The number of rotatable bonds is 3. The maximum absolute atomic E-state index is 6.22. The summed E-state index contributed by atoms with van der Waals surface area (Å²) in [5.41, 5.74) is 7.14. The molecular weight excluding hydrogens is 298 g/mol. The van der Waals surface area contributed by atoms with Crippen LogP contribution in [0.25, 0.3) is 0 Å². The second-order valence-electron chi connectivity index (χ2n) is 4.93. The number of hydrogen-bond donors (Lipinski definition) is 1. The van der Waals surface area contributed by atoms with E-state index in [4.69, 9.17) is 19.9 Å². The van der Waals surface area contributed by atoms with Crippen molar-refractivity contribution in [2.75, 3.05) is 20.3 Å². The van der Waals surface area contributed by atoms with E-state index in [0.29, 0.717) is 13.2 Å². The summed E-state index contributed by atoms with van der Waals surface area (Å²) in [6.07, 6.45) is 2.87. The quantitative estimate of drug-likeness (QED) is 0.930. The minimum Gasteiger partial charge on any atom is -0.495 e. The lowest BCUT2D eigenvalue weighted by atomic mass is 10.0. The van der Waals surface area contributed by atoms with Gasteiger partial charge in [0.25, 0.3) is 0 Å². The molecule has 98 valence electrons. The molecule has 5 heteroatoms. The number of halogens is 1. The molecule has 2 aliphatic rings. The molecule has 0 unspecified atom stereocenters. The monoisotopic (exact) mass is 313 g/mol. The number of methoxy groups -OCH3 is 1. The molecule has 1 fully saturated rings. The van der Waals surface area contributed by atoms with Crippen LogP contribution in [0.4, 0.5) is 0 Å². The fourth-order valence-electron chi connectivity index (χ4n) is 2.27. The molecule has 0 saturated heterocycles. The van der Waals surface area contributed by atoms with E-state index in [0.717, 1.165) is 46.5 Å².